The monoisotopic (exact) mass is 430 g/mol. The summed E-state index contributed by atoms with van der Waals surface area (Å²) in [6.45, 7) is 0.763. The van der Waals surface area contributed by atoms with E-state index in [9.17, 15) is 9.59 Å². The summed E-state index contributed by atoms with van der Waals surface area (Å²) >= 11 is 0. The van der Waals surface area contributed by atoms with Gasteiger partial charge in [0.25, 0.3) is 5.91 Å². The largest absolute Gasteiger partial charge is 0.497 e. The number of benzene rings is 3. The molecule has 1 aliphatic heterocycles. The number of methoxy groups -OCH3 is 2. The molecule has 6 heteroatoms. The minimum atomic E-state index is -0.578. The van der Waals surface area contributed by atoms with E-state index in [2.05, 4.69) is 5.32 Å². The van der Waals surface area contributed by atoms with Crippen LogP contribution in [0, 0.1) is 0 Å². The van der Waals surface area contributed by atoms with Gasteiger partial charge in [-0.3, -0.25) is 9.59 Å². The van der Waals surface area contributed by atoms with Crippen molar-refractivity contribution in [1.82, 2.24) is 4.90 Å². The number of carbonyl (C=O) groups excluding carboxylic acids is 2. The van der Waals surface area contributed by atoms with Crippen LogP contribution in [0.1, 0.15) is 33.4 Å². The minimum absolute atomic E-state index is 0.0972. The van der Waals surface area contributed by atoms with Crippen molar-refractivity contribution in [3.63, 3.8) is 0 Å². The summed E-state index contributed by atoms with van der Waals surface area (Å²) in [5.41, 5.74) is 2.85. The van der Waals surface area contributed by atoms with E-state index in [1.54, 1.807) is 49.5 Å². The number of fused-ring (bicyclic) bond motifs is 1. The van der Waals surface area contributed by atoms with Gasteiger partial charge in [0, 0.05) is 24.9 Å². The van der Waals surface area contributed by atoms with Crippen LogP contribution in [0.5, 0.6) is 5.75 Å². The molecule has 0 saturated carbocycles. The fraction of sp³-hybridized carbons (Fsp3) is 0.231. The molecule has 32 heavy (non-hydrogen) atoms. The summed E-state index contributed by atoms with van der Waals surface area (Å²) in [7, 11) is 3.20. The first-order valence-electron chi connectivity index (χ1n) is 10.5. The van der Waals surface area contributed by atoms with Crippen molar-refractivity contribution >= 4 is 17.5 Å². The third-order valence-corrected chi connectivity index (χ3v) is 5.76. The number of hydrogen-bond acceptors (Lipinski definition) is 4. The fourth-order valence-corrected chi connectivity index (χ4v) is 4.23. The van der Waals surface area contributed by atoms with E-state index in [-0.39, 0.29) is 11.8 Å². The van der Waals surface area contributed by atoms with Crippen molar-refractivity contribution in [3.05, 3.63) is 95.6 Å². The van der Waals surface area contributed by atoms with Crippen LogP contribution in [-0.2, 0) is 9.53 Å². The van der Waals surface area contributed by atoms with Gasteiger partial charge in [-0.2, -0.15) is 0 Å². The summed E-state index contributed by atoms with van der Waals surface area (Å²) in [5.74, 6) is -0.138. The lowest BCUT2D eigenvalue weighted by atomic mass is 9.79. The second-order valence-electron chi connectivity index (χ2n) is 7.63. The van der Waals surface area contributed by atoms with Crippen molar-refractivity contribution in [3.8, 4) is 5.75 Å². The van der Waals surface area contributed by atoms with E-state index < -0.39 is 12.0 Å². The van der Waals surface area contributed by atoms with Gasteiger partial charge in [0.05, 0.1) is 25.7 Å². The second-order valence-corrected chi connectivity index (χ2v) is 7.63. The summed E-state index contributed by atoms with van der Waals surface area (Å²) in [6.07, 6.45) is 0. The number of nitrogens with zero attached hydrogens (tertiary/aromatic N) is 1. The van der Waals surface area contributed by atoms with Crippen LogP contribution in [0.25, 0.3) is 0 Å². The highest BCUT2D eigenvalue weighted by Gasteiger charge is 2.43. The topological polar surface area (TPSA) is 67.9 Å². The first kappa shape index (κ1) is 21.6. The maximum atomic E-state index is 13.7. The molecule has 1 heterocycles. The maximum absolute atomic E-state index is 13.7. The quantitative estimate of drug-likeness (QED) is 0.608. The third-order valence-electron chi connectivity index (χ3n) is 5.76. The highest BCUT2D eigenvalue weighted by Crippen LogP contribution is 2.43. The lowest BCUT2D eigenvalue weighted by molar-refractivity contribution is -0.119. The molecule has 1 N–H and O–H groups in total. The van der Waals surface area contributed by atoms with Crippen molar-refractivity contribution < 1.29 is 19.1 Å². The predicted octanol–water partition coefficient (Wildman–Crippen LogP) is 4.26. The van der Waals surface area contributed by atoms with Gasteiger partial charge in [0.15, 0.2) is 0 Å². The van der Waals surface area contributed by atoms with Crippen LogP contribution in [0.2, 0.25) is 0 Å². The van der Waals surface area contributed by atoms with Crippen LogP contribution in [0.4, 0.5) is 5.69 Å². The first-order chi connectivity index (χ1) is 15.6. The Morgan fingerprint density at radius 3 is 2.31 bits per heavy atom. The number of hydrogen-bond donors (Lipinski definition) is 1. The average molecular weight is 431 g/mol. The van der Waals surface area contributed by atoms with Crippen molar-refractivity contribution in [2.75, 3.05) is 32.7 Å². The Morgan fingerprint density at radius 1 is 0.938 bits per heavy atom. The number of amides is 2. The predicted molar refractivity (Wildman–Crippen MR) is 123 cm³/mol. The van der Waals surface area contributed by atoms with Gasteiger partial charge >= 0.3 is 0 Å². The van der Waals surface area contributed by atoms with Crippen molar-refractivity contribution in [2.24, 2.45) is 0 Å². The van der Waals surface area contributed by atoms with Crippen LogP contribution >= 0.6 is 0 Å². The SMILES string of the molecule is COCCN1C(=O)c2ccccc2[C@H](C(=O)Nc2ccc(OC)cc2)[C@H]1c1ccccc1. The van der Waals surface area contributed by atoms with Crippen LogP contribution in [0.15, 0.2) is 78.9 Å². The Balaban J connectivity index is 1.78. The van der Waals surface area contributed by atoms with Gasteiger partial charge in [-0.05, 0) is 41.5 Å². The molecule has 164 valence electrons. The molecule has 2 atom stereocenters. The number of anilines is 1. The number of rotatable bonds is 7. The van der Waals surface area contributed by atoms with Gasteiger partial charge in [-0.1, -0.05) is 48.5 Å². The lowest BCUT2D eigenvalue weighted by Gasteiger charge is -2.41. The Morgan fingerprint density at radius 2 is 1.62 bits per heavy atom. The normalized spacial score (nSPS) is 17.6. The molecule has 0 bridgehead atoms. The molecule has 4 rings (SSSR count). The van der Waals surface area contributed by atoms with Crippen LogP contribution < -0.4 is 10.1 Å². The Hall–Kier alpha value is -3.64. The standard InChI is InChI=1S/C26H26N2O4/c1-31-17-16-28-24(18-8-4-3-5-9-18)23(21-10-6-7-11-22(21)26(28)30)25(29)27-19-12-14-20(32-2)15-13-19/h3-15,23-24H,16-17H2,1-2H3,(H,27,29)/t23-,24+/m0/s1. The zero-order valence-corrected chi connectivity index (χ0v) is 18.2. The number of nitrogens with one attached hydrogen (secondary N) is 1. The smallest absolute Gasteiger partial charge is 0.254 e. The molecular formula is C26H26N2O4. The van der Waals surface area contributed by atoms with E-state index in [0.29, 0.717) is 30.2 Å². The highest BCUT2D eigenvalue weighted by atomic mass is 16.5. The van der Waals surface area contributed by atoms with Crippen molar-refractivity contribution in [1.29, 1.82) is 0 Å². The molecule has 0 aliphatic carbocycles. The molecule has 3 aromatic rings. The van der Waals surface area contributed by atoms with Crippen LogP contribution in [-0.4, -0.2) is 44.1 Å². The van der Waals surface area contributed by atoms with E-state index >= 15 is 0 Å². The number of carbonyl (C=O) groups is 2. The molecule has 2 amide bonds. The molecule has 1 aliphatic rings. The van der Waals surface area contributed by atoms with Gasteiger partial charge in [-0.25, -0.2) is 0 Å². The summed E-state index contributed by atoms with van der Waals surface area (Å²) in [5, 5.41) is 3.03. The molecule has 0 unspecified atom stereocenters. The molecule has 6 nitrogen and oxygen atoms in total. The zero-order valence-electron chi connectivity index (χ0n) is 18.2. The third kappa shape index (κ3) is 4.22. The van der Waals surface area contributed by atoms with E-state index in [1.165, 1.54) is 0 Å². The molecule has 0 saturated heterocycles. The van der Waals surface area contributed by atoms with Crippen molar-refractivity contribution in [2.45, 2.75) is 12.0 Å². The first-order valence-corrected chi connectivity index (χ1v) is 10.5. The van der Waals surface area contributed by atoms with E-state index in [0.717, 1.165) is 11.1 Å². The Labute approximate surface area is 187 Å². The number of ether oxygens (including phenoxy) is 2. The molecule has 0 aromatic heterocycles. The average Bonchev–Trinajstić information content (AvgIpc) is 2.84. The summed E-state index contributed by atoms with van der Waals surface area (Å²) in [4.78, 5) is 28.9. The second kappa shape index (κ2) is 9.66. The molecule has 0 radical (unpaired) electrons. The molecule has 0 spiro atoms. The zero-order chi connectivity index (χ0) is 22.5. The fourth-order valence-electron chi connectivity index (χ4n) is 4.23. The molecule has 3 aromatic carbocycles. The van der Waals surface area contributed by atoms with Gasteiger partial charge < -0.3 is 19.7 Å². The highest BCUT2D eigenvalue weighted by molar-refractivity contribution is 6.04. The molecule has 0 fully saturated rings. The van der Waals surface area contributed by atoms with Crippen LogP contribution in [0.3, 0.4) is 0 Å². The maximum Gasteiger partial charge on any atom is 0.254 e. The Bertz CT molecular complexity index is 1080. The van der Waals surface area contributed by atoms with E-state index in [1.807, 2.05) is 48.5 Å². The van der Waals surface area contributed by atoms with E-state index in [4.69, 9.17) is 9.47 Å². The molecular weight excluding hydrogens is 404 g/mol. The summed E-state index contributed by atoms with van der Waals surface area (Å²) in [6, 6.07) is 23.8. The van der Waals surface area contributed by atoms with Gasteiger partial charge in [-0.15, -0.1) is 0 Å². The Kier molecular flexibility index (Phi) is 6.52. The summed E-state index contributed by atoms with van der Waals surface area (Å²) < 4.78 is 10.5. The van der Waals surface area contributed by atoms with Gasteiger partial charge in [0.2, 0.25) is 5.91 Å². The lowest BCUT2D eigenvalue weighted by Crippen LogP contribution is -2.47. The van der Waals surface area contributed by atoms with Gasteiger partial charge in [0.1, 0.15) is 5.75 Å². The minimum Gasteiger partial charge on any atom is -0.497 e.